The smallest absolute Gasteiger partial charge is 0.186 e. The van der Waals surface area contributed by atoms with E-state index < -0.39 is 0 Å². The molecule has 2 heterocycles. The van der Waals surface area contributed by atoms with Gasteiger partial charge < -0.3 is 19.3 Å². The molecule has 0 aromatic heterocycles. The molecule has 0 spiro atoms. The minimum Gasteiger partial charge on any atom is -0.456 e. The van der Waals surface area contributed by atoms with Gasteiger partial charge in [0, 0.05) is 62.7 Å². The predicted molar refractivity (Wildman–Crippen MR) is 182 cm³/mol. The third-order valence-electron chi connectivity index (χ3n) is 9.40. The van der Waals surface area contributed by atoms with E-state index in [-0.39, 0.29) is 11.6 Å². The highest BCUT2D eigenvalue weighted by Crippen LogP contribution is 2.53. The molecule has 230 valence electrons. The lowest BCUT2D eigenvalue weighted by Gasteiger charge is -2.30. The van der Waals surface area contributed by atoms with Crippen molar-refractivity contribution in [3.8, 4) is 23.0 Å². The number of nitrogens with one attached hydrogen (secondary N) is 2. The molecule has 6 heteroatoms. The maximum Gasteiger partial charge on any atom is 0.186 e. The Balaban J connectivity index is 1.48. The average molecular weight is 611 g/mol. The molecule has 0 atom stereocenters. The summed E-state index contributed by atoms with van der Waals surface area (Å²) in [6, 6.07) is 16.5. The van der Waals surface area contributed by atoms with Crippen LogP contribution in [0.2, 0.25) is 0 Å². The van der Waals surface area contributed by atoms with Gasteiger partial charge in [0.25, 0.3) is 0 Å². The number of rotatable bonds is 6. The van der Waals surface area contributed by atoms with Crippen molar-refractivity contribution in [3.63, 3.8) is 0 Å². The zero-order valence-electron chi connectivity index (χ0n) is 26.7. The Labute approximate surface area is 269 Å². The fourth-order valence-corrected chi connectivity index (χ4v) is 6.96. The van der Waals surface area contributed by atoms with Crippen molar-refractivity contribution < 1.29 is 28.9 Å². The summed E-state index contributed by atoms with van der Waals surface area (Å²) in [4.78, 5) is 29.5. The number of allylic oxidation sites excluding steroid dienone is 10. The lowest BCUT2D eigenvalue weighted by molar-refractivity contribution is -0.828. The molecule has 0 saturated heterocycles. The first-order valence-corrected chi connectivity index (χ1v) is 16.3. The van der Waals surface area contributed by atoms with E-state index in [4.69, 9.17) is 9.47 Å². The quantitative estimate of drug-likeness (QED) is 0.232. The largest absolute Gasteiger partial charge is 0.456 e. The number of carbonyl (C=O) groups is 2. The molecular formula is C40H38N2O4+2. The van der Waals surface area contributed by atoms with Crippen molar-refractivity contribution in [3.05, 3.63) is 131 Å². The highest BCUT2D eigenvalue weighted by atomic mass is 16.5. The molecule has 0 unspecified atom stereocenters. The Morgan fingerprint density at radius 3 is 1.26 bits per heavy atom. The maximum atomic E-state index is 13.4. The number of quaternary nitrogens is 2. The first-order chi connectivity index (χ1) is 22.4. The van der Waals surface area contributed by atoms with E-state index in [0.29, 0.717) is 34.1 Å². The summed E-state index contributed by atoms with van der Waals surface area (Å²) < 4.78 is 13.3. The number of hydrogen-bond donors (Lipinski definition) is 2. The van der Waals surface area contributed by atoms with Gasteiger partial charge in [0.2, 0.25) is 0 Å². The molecule has 3 aromatic rings. The number of fused-ring (bicyclic) bond motifs is 4. The van der Waals surface area contributed by atoms with Crippen molar-refractivity contribution >= 4 is 34.1 Å². The summed E-state index contributed by atoms with van der Waals surface area (Å²) in [6.45, 7) is 12.5. The maximum absolute atomic E-state index is 13.4. The first kappa shape index (κ1) is 29.7. The molecule has 0 fully saturated rings. The van der Waals surface area contributed by atoms with Crippen LogP contribution in [0.15, 0.2) is 108 Å². The van der Waals surface area contributed by atoms with E-state index in [0.717, 1.165) is 71.0 Å². The van der Waals surface area contributed by atoms with Crippen LogP contribution in [0.4, 0.5) is 11.4 Å². The molecule has 46 heavy (non-hydrogen) atoms. The van der Waals surface area contributed by atoms with Crippen molar-refractivity contribution in [2.24, 2.45) is 0 Å². The van der Waals surface area contributed by atoms with E-state index in [1.807, 2.05) is 36.4 Å². The first-order valence-electron chi connectivity index (χ1n) is 16.3. The molecule has 6 nitrogen and oxygen atoms in total. The summed E-state index contributed by atoms with van der Waals surface area (Å²) in [6.07, 6.45) is 14.3. The fraction of sp³-hybridized carbons (Fsp3) is 0.200. The van der Waals surface area contributed by atoms with E-state index in [1.165, 1.54) is 9.80 Å². The minimum atomic E-state index is -0.0606. The van der Waals surface area contributed by atoms with Gasteiger partial charge in [-0.3, -0.25) is 9.59 Å². The highest BCUT2D eigenvalue weighted by molar-refractivity contribution is 6.17. The van der Waals surface area contributed by atoms with Crippen LogP contribution in [0, 0.1) is 0 Å². The Morgan fingerprint density at radius 1 is 0.478 bits per heavy atom. The normalized spacial score (nSPS) is 19.2. The van der Waals surface area contributed by atoms with Crippen molar-refractivity contribution in [1.29, 1.82) is 0 Å². The van der Waals surface area contributed by atoms with Crippen molar-refractivity contribution in [1.82, 2.24) is 0 Å². The molecule has 0 saturated carbocycles. The molecule has 2 aliphatic heterocycles. The van der Waals surface area contributed by atoms with Crippen molar-refractivity contribution in [2.75, 3.05) is 26.2 Å². The molecule has 0 bridgehead atoms. The second kappa shape index (κ2) is 12.0. The summed E-state index contributed by atoms with van der Waals surface area (Å²) in [5, 5.41) is 0. The SMILES string of the molecule is CC[NH+](CC)c1ccc2c(c1)Oc1cc3c(cc1C2=C1C=CC=CC1=O)C(=C1C=CC=CC1=O)c1ccc([NH+](CC)CC)cc1O3. The number of ether oxygens (including phenoxy) is 2. The summed E-state index contributed by atoms with van der Waals surface area (Å²) in [5.41, 5.74) is 8.40. The second-order valence-corrected chi connectivity index (χ2v) is 11.8. The number of benzene rings is 3. The van der Waals surface area contributed by atoms with Gasteiger partial charge in [0.1, 0.15) is 34.4 Å². The average Bonchev–Trinajstić information content (AvgIpc) is 3.07. The number of ketones is 2. The lowest BCUT2D eigenvalue weighted by atomic mass is 9.82. The molecule has 2 N–H and O–H groups in total. The summed E-state index contributed by atoms with van der Waals surface area (Å²) >= 11 is 0. The third kappa shape index (κ3) is 4.91. The van der Waals surface area contributed by atoms with E-state index in [9.17, 15) is 9.59 Å². The zero-order valence-corrected chi connectivity index (χ0v) is 26.7. The zero-order chi connectivity index (χ0) is 31.9. The molecule has 4 aliphatic rings. The third-order valence-corrected chi connectivity index (χ3v) is 9.40. The number of carbonyl (C=O) groups excluding carboxylic acids is 2. The minimum absolute atomic E-state index is 0.0606. The van der Waals surface area contributed by atoms with Crippen molar-refractivity contribution in [2.45, 2.75) is 27.7 Å². The topological polar surface area (TPSA) is 61.5 Å². The van der Waals surface area contributed by atoms with Gasteiger partial charge in [-0.1, -0.05) is 36.5 Å². The Hall–Kier alpha value is -5.04. The predicted octanol–water partition coefficient (Wildman–Crippen LogP) is 6.00. The van der Waals surface area contributed by atoms with E-state index in [1.54, 1.807) is 24.3 Å². The fourth-order valence-electron chi connectivity index (χ4n) is 6.96. The monoisotopic (exact) mass is 610 g/mol. The molecule has 0 amide bonds. The lowest BCUT2D eigenvalue weighted by Crippen LogP contribution is -3.06. The summed E-state index contributed by atoms with van der Waals surface area (Å²) in [7, 11) is 0. The van der Waals surface area contributed by atoms with Gasteiger partial charge in [-0.2, -0.15) is 0 Å². The van der Waals surface area contributed by atoms with Gasteiger partial charge >= 0.3 is 0 Å². The van der Waals surface area contributed by atoms with Gasteiger partial charge in [0.15, 0.2) is 11.6 Å². The van der Waals surface area contributed by atoms with Crippen LogP contribution in [0.5, 0.6) is 23.0 Å². The Bertz CT molecular complexity index is 1840. The van der Waals surface area contributed by atoms with Crippen LogP contribution in [0.25, 0.3) is 11.1 Å². The molecular weight excluding hydrogens is 572 g/mol. The molecule has 0 radical (unpaired) electrons. The summed E-state index contributed by atoms with van der Waals surface area (Å²) in [5.74, 6) is 2.52. The molecule has 3 aromatic carbocycles. The Morgan fingerprint density at radius 2 is 0.870 bits per heavy atom. The van der Waals surface area contributed by atoms with Crippen LogP contribution in [-0.4, -0.2) is 37.7 Å². The van der Waals surface area contributed by atoms with Crippen LogP contribution >= 0.6 is 0 Å². The van der Waals surface area contributed by atoms with Crippen LogP contribution < -0.4 is 19.3 Å². The highest BCUT2D eigenvalue weighted by Gasteiger charge is 2.34. The van der Waals surface area contributed by atoms with Gasteiger partial charge in [0.05, 0.1) is 26.2 Å². The van der Waals surface area contributed by atoms with Gasteiger partial charge in [-0.05, 0) is 70.2 Å². The standard InChI is InChI=1S/C40H36N2O4/c1-5-41(6-2)25-17-19-29-35(21-25)45-37-24-38-32(23-31(37)39(29)27-13-9-11-15-33(27)43)40(28-14-10-12-16-34(28)44)30-20-18-26(22-36(30)46-38)42(7-3)8-4/h9-24H,5-8H2,1-4H3/p+2. The molecule has 7 rings (SSSR count). The van der Waals surface area contributed by atoms with Crippen LogP contribution in [0.1, 0.15) is 49.9 Å². The van der Waals surface area contributed by atoms with E-state index in [2.05, 4.69) is 64.1 Å². The van der Waals surface area contributed by atoms with E-state index >= 15 is 0 Å². The van der Waals surface area contributed by atoms with Gasteiger partial charge in [-0.15, -0.1) is 0 Å². The van der Waals surface area contributed by atoms with Crippen LogP contribution in [-0.2, 0) is 9.59 Å². The van der Waals surface area contributed by atoms with Crippen LogP contribution in [0.3, 0.4) is 0 Å². The Kier molecular flexibility index (Phi) is 7.77. The van der Waals surface area contributed by atoms with Gasteiger partial charge in [-0.25, -0.2) is 0 Å². The second-order valence-electron chi connectivity index (χ2n) is 11.8. The molecule has 2 aliphatic carbocycles. The number of hydrogen-bond acceptors (Lipinski definition) is 4.